The summed E-state index contributed by atoms with van der Waals surface area (Å²) in [6.07, 6.45) is 2.15. The smallest absolute Gasteiger partial charge is 0.122 e. The van der Waals surface area contributed by atoms with Gasteiger partial charge in [-0.3, -0.25) is 0 Å². The van der Waals surface area contributed by atoms with Gasteiger partial charge in [0.05, 0.1) is 32.5 Å². The van der Waals surface area contributed by atoms with Crippen LogP contribution in [0, 0.1) is 0 Å². The predicted molar refractivity (Wildman–Crippen MR) is 72.7 cm³/mol. The number of aliphatic hydroxyl groups excluding tert-OH is 1. The molecule has 2 rings (SSSR count). The van der Waals surface area contributed by atoms with E-state index in [1.165, 1.54) is 11.1 Å². The van der Waals surface area contributed by atoms with E-state index in [0.717, 1.165) is 25.2 Å². The van der Waals surface area contributed by atoms with Crippen LogP contribution >= 0.6 is 0 Å². The first-order valence-electron chi connectivity index (χ1n) is 6.79. The zero-order valence-electron chi connectivity index (χ0n) is 11.4. The van der Waals surface area contributed by atoms with Crippen LogP contribution in [0.5, 0.6) is 5.75 Å². The fourth-order valence-corrected chi connectivity index (χ4v) is 2.17. The molecule has 1 heterocycles. The van der Waals surface area contributed by atoms with E-state index in [2.05, 4.69) is 12.1 Å². The average molecular weight is 266 g/mol. The molecule has 0 saturated carbocycles. The summed E-state index contributed by atoms with van der Waals surface area (Å²) in [6, 6.07) is 6.28. The van der Waals surface area contributed by atoms with Crippen molar-refractivity contribution < 1.29 is 19.3 Å². The largest absolute Gasteiger partial charge is 0.493 e. The molecule has 1 aliphatic heterocycles. The molecule has 0 spiro atoms. The number of benzene rings is 1. The Morgan fingerprint density at radius 2 is 2.26 bits per heavy atom. The zero-order chi connectivity index (χ0) is 13.5. The molecule has 0 amide bonds. The Hall–Kier alpha value is -1.10. The van der Waals surface area contributed by atoms with Gasteiger partial charge in [0.25, 0.3) is 0 Å². The minimum absolute atomic E-state index is 0.372. The van der Waals surface area contributed by atoms with Crippen molar-refractivity contribution in [2.75, 3.05) is 33.5 Å². The molecular formula is C15H22O4. The monoisotopic (exact) mass is 266 g/mol. The van der Waals surface area contributed by atoms with Crippen LogP contribution in [0.15, 0.2) is 18.2 Å². The molecule has 1 atom stereocenters. The quantitative estimate of drug-likeness (QED) is 0.726. The lowest BCUT2D eigenvalue weighted by molar-refractivity contribution is 0.0106. The lowest BCUT2D eigenvalue weighted by atomic mass is 10.0. The Balaban J connectivity index is 1.70. The molecule has 0 bridgehead atoms. The van der Waals surface area contributed by atoms with Gasteiger partial charge >= 0.3 is 0 Å². The van der Waals surface area contributed by atoms with Gasteiger partial charge in [-0.15, -0.1) is 0 Å². The molecule has 19 heavy (non-hydrogen) atoms. The summed E-state index contributed by atoms with van der Waals surface area (Å²) in [7, 11) is 1.64. The lowest BCUT2D eigenvalue weighted by Crippen LogP contribution is -2.17. The summed E-state index contributed by atoms with van der Waals surface area (Å²) in [5, 5.41) is 9.81. The van der Waals surface area contributed by atoms with Gasteiger partial charge in [-0.05, 0) is 30.0 Å². The highest BCUT2D eigenvalue weighted by Gasteiger charge is 2.12. The molecular weight excluding hydrogens is 244 g/mol. The van der Waals surface area contributed by atoms with E-state index in [-0.39, 0.29) is 0 Å². The van der Waals surface area contributed by atoms with Crippen LogP contribution in [0.2, 0.25) is 0 Å². The summed E-state index contributed by atoms with van der Waals surface area (Å²) < 4.78 is 15.7. The summed E-state index contributed by atoms with van der Waals surface area (Å²) >= 11 is 0. The van der Waals surface area contributed by atoms with Crippen molar-refractivity contribution in [3.8, 4) is 5.75 Å². The third-order valence-corrected chi connectivity index (χ3v) is 3.26. The first-order chi connectivity index (χ1) is 9.29. The molecule has 4 heteroatoms. The Morgan fingerprint density at radius 1 is 1.37 bits per heavy atom. The van der Waals surface area contributed by atoms with Crippen LogP contribution in [-0.2, 0) is 22.3 Å². The number of ether oxygens (including phenoxy) is 3. The van der Waals surface area contributed by atoms with E-state index in [9.17, 15) is 5.11 Å². The van der Waals surface area contributed by atoms with Gasteiger partial charge in [-0.25, -0.2) is 0 Å². The maximum Gasteiger partial charge on any atom is 0.122 e. The number of rotatable bonds is 8. The molecule has 0 radical (unpaired) electrons. The van der Waals surface area contributed by atoms with E-state index >= 15 is 0 Å². The van der Waals surface area contributed by atoms with E-state index in [0.29, 0.717) is 26.2 Å². The standard InChI is InChI=1S/C15H22O4/c1-17-8-9-18-11-14(16)4-2-12-3-5-15-13(10-12)6-7-19-15/h3,5,10,14,16H,2,4,6-9,11H2,1H3. The third-order valence-electron chi connectivity index (χ3n) is 3.26. The van der Waals surface area contributed by atoms with E-state index in [1.807, 2.05) is 6.07 Å². The van der Waals surface area contributed by atoms with Gasteiger partial charge in [-0.1, -0.05) is 12.1 Å². The Kier molecular flexibility index (Phi) is 5.63. The highest BCUT2D eigenvalue weighted by molar-refractivity contribution is 5.39. The number of methoxy groups -OCH3 is 1. The second-order valence-corrected chi connectivity index (χ2v) is 4.80. The Bertz CT molecular complexity index is 392. The van der Waals surface area contributed by atoms with Crippen molar-refractivity contribution in [2.45, 2.75) is 25.4 Å². The number of hydrogen-bond acceptors (Lipinski definition) is 4. The summed E-state index contributed by atoms with van der Waals surface area (Å²) in [5.41, 5.74) is 2.53. The Morgan fingerprint density at radius 3 is 3.11 bits per heavy atom. The van der Waals surface area contributed by atoms with Gasteiger partial charge in [0, 0.05) is 13.5 Å². The second-order valence-electron chi connectivity index (χ2n) is 4.80. The van der Waals surface area contributed by atoms with Crippen LogP contribution in [-0.4, -0.2) is 44.7 Å². The van der Waals surface area contributed by atoms with Gasteiger partial charge in [-0.2, -0.15) is 0 Å². The molecule has 0 fully saturated rings. The van der Waals surface area contributed by atoms with Crippen molar-refractivity contribution in [3.05, 3.63) is 29.3 Å². The molecule has 0 saturated heterocycles. The first-order valence-corrected chi connectivity index (χ1v) is 6.79. The van der Waals surface area contributed by atoms with E-state index in [1.54, 1.807) is 7.11 Å². The van der Waals surface area contributed by atoms with Crippen molar-refractivity contribution in [1.82, 2.24) is 0 Å². The molecule has 0 aliphatic carbocycles. The molecule has 106 valence electrons. The summed E-state index contributed by atoms with van der Waals surface area (Å²) in [4.78, 5) is 0. The van der Waals surface area contributed by atoms with Crippen LogP contribution in [0.25, 0.3) is 0 Å². The van der Waals surface area contributed by atoms with Crippen LogP contribution in [0.1, 0.15) is 17.5 Å². The highest BCUT2D eigenvalue weighted by atomic mass is 16.5. The van der Waals surface area contributed by atoms with Crippen molar-refractivity contribution in [3.63, 3.8) is 0 Å². The molecule has 0 aromatic heterocycles. The van der Waals surface area contributed by atoms with Crippen LogP contribution < -0.4 is 4.74 Å². The van der Waals surface area contributed by atoms with Crippen LogP contribution in [0.3, 0.4) is 0 Å². The SMILES string of the molecule is COCCOCC(O)CCc1ccc2c(c1)CCO2. The highest BCUT2D eigenvalue weighted by Crippen LogP contribution is 2.26. The predicted octanol–water partition coefficient (Wildman–Crippen LogP) is 1.58. The number of aryl methyl sites for hydroxylation is 1. The minimum Gasteiger partial charge on any atom is -0.493 e. The minimum atomic E-state index is -0.415. The maximum absolute atomic E-state index is 9.81. The van der Waals surface area contributed by atoms with Crippen LogP contribution in [0.4, 0.5) is 0 Å². The van der Waals surface area contributed by atoms with Gasteiger partial charge in [0.15, 0.2) is 0 Å². The van der Waals surface area contributed by atoms with Crippen molar-refractivity contribution in [1.29, 1.82) is 0 Å². The van der Waals surface area contributed by atoms with Gasteiger partial charge in [0.1, 0.15) is 5.75 Å². The van der Waals surface area contributed by atoms with Gasteiger partial charge in [0.2, 0.25) is 0 Å². The first kappa shape index (κ1) is 14.3. The number of fused-ring (bicyclic) bond motifs is 1. The van der Waals surface area contributed by atoms with E-state index in [4.69, 9.17) is 14.2 Å². The molecule has 1 aromatic rings. The van der Waals surface area contributed by atoms with Crippen molar-refractivity contribution >= 4 is 0 Å². The van der Waals surface area contributed by atoms with E-state index < -0.39 is 6.10 Å². The summed E-state index contributed by atoms with van der Waals surface area (Å²) in [6.45, 7) is 2.26. The van der Waals surface area contributed by atoms with Gasteiger partial charge < -0.3 is 19.3 Å². The topological polar surface area (TPSA) is 47.9 Å². The molecule has 1 aromatic carbocycles. The van der Waals surface area contributed by atoms with Crippen molar-refractivity contribution in [2.24, 2.45) is 0 Å². The number of hydrogen-bond donors (Lipinski definition) is 1. The molecule has 1 unspecified atom stereocenters. The second kappa shape index (κ2) is 7.48. The fourth-order valence-electron chi connectivity index (χ4n) is 2.17. The molecule has 4 nitrogen and oxygen atoms in total. The summed E-state index contributed by atoms with van der Waals surface area (Å²) in [5.74, 6) is 1.01. The zero-order valence-corrected chi connectivity index (χ0v) is 11.4. The Labute approximate surface area is 114 Å². The fraction of sp³-hybridized carbons (Fsp3) is 0.600. The maximum atomic E-state index is 9.81. The normalized spacial score (nSPS) is 15.1. The average Bonchev–Trinajstić information content (AvgIpc) is 2.89. The molecule has 1 N–H and O–H groups in total. The third kappa shape index (κ3) is 4.49. The number of aliphatic hydroxyl groups is 1. The lowest BCUT2D eigenvalue weighted by Gasteiger charge is -2.11. The molecule has 1 aliphatic rings.